The van der Waals surface area contributed by atoms with Gasteiger partial charge in [0.2, 0.25) is 5.91 Å². The van der Waals surface area contributed by atoms with Gasteiger partial charge in [0.25, 0.3) is 0 Å². The Hall–Kier alpha value is -2.24. The zero-order chi connectivity index (χ0) is 17.5. The van der Waals surface area contributed by atoms with Crippen LogP contribution in [-0.4, -0.2) is 43.1 Å². The summed E-state index contributed by atoms with van der Waals surface area (Å²) >= 11 is 0. The molecule has 0 unspecified atom stereocenters. The quantitative estimate of drug-likeness (QED) is 0.781. The largest absolute Gasteiger partial charge is 0.492 e. The molecule has 0 saturated carbocycles. The van der Waals surface area contributed by atoms with Gasteiger partial charge in [0, 0.05) is 19.5 Å². The lowest BCUT2D eigenvalue weighted by Crippen LogP contribution is -2.45. The number of urea groups is 1. The van der Waals surface area contributed by atoms with Gasteiger partial charge < -0.3 is 20.7 Å². The standard InChI is InChI=1S/C18H27N3O3/c1-13-9-14(2)11-16(10-13)24-8-5-20-18(23)21-6-3-15(4-7-21)12-17(19)22/h9-11,15H,3-8,12H2,1-2H3,(H2,19,22)(H,20,23). The number of primary amides is 1. The van der Waals surface area contributed by atoms with Gasteiger partial charge in [-0.2, -0.15) is 0 Å². The number of nitrogens with one attached hydrogen (secondary N) is 1. The molecule has 0 aromatic heterocycles. The van der Waals surface area contributed by atoms with Crippen molar-refractivity contribution in [2.45, 2.75) is 33.1 Å². The van der Waals surface area contributed by atoms with Crippen molar-refractivity contribution in [3.8, 4) is 5.75 Å². The Kier molecular flexibility index (Phi) is 6.46. The molecule has 6 heteroatoms. The third kappa shape index (κ3) is 5.76. The maximum absolute atomic E-state index is 12.1. The number of piperidine rings is 1. The Balaban J connectivity index is 1.66. The summed E-state index contributed by atoms with van der Waals surface area (Å²) in [5.74, 6) is 0.870. The minimum Gasteiger partial charge on any atom is -0.492 e. The van der Waals surface area contributed by atoms with Gasteiger partial charge in [-0.3, -0.25) is 4.79 Å². The maximum atomic E-state index is 12.1. The van der Waals surface area contributed by atoms with Crippen LogP contribution in [0.5, 0.6) is 5.75 Å². The molecular formula is C18H27N3O3. The second-order valence-corrected chi connectivity index (χ2v) is 6.50. The van der Waals surface area contributed by atoms with Gasteiger partial charge in [-0.25, -0.2) is 4.79 Å². The summed E-state index contributed by atoms with van der Waals surface area (Å²) in [6.45, 7) is 6.30. The number of hydrogen-bond donors (Lipinski definition) is 2. The maximum Gasteiger partial charge on any atom is 0.317 e. The van der Waals surface area contributed by atoms with Crippen LogP contribution < -0.4 is 15.8 Å². The molecule has 1 saturated heterocycles. The SMILES string of the molecule is Cc1cc(C)cc(OCCNC(=O)N2CCC(CC(N)=O)CC2)c1. The molecule has 2 rings (SSSR count). The molecule has 1 fully saturated rings. The Morgan fingerprint density at radius 1 is 1.21 bits per heavy atom. The minimum atomic E-state index is -0.263. The molecule has 24 heavy (non-hydrogen) atoms. The fraction of sp³-hybridized carbons (Fsp3) is 0.556. The van der Waals surface area contributed by atoms with Crippen LogP contribution in [0.4, 0.5) is 4.79 Å². The molecular weight excluding hydrogens is 306 g/mol. The van der Waals surface area contributed by atoms with E-state index in [4.69, 9.17) is 10.5 Å². The lowest BCUT2D eigenvalue weighted by atomic mass is 9.93. The molecule has 1 aliphatic heterocycles. The molecule has 6 nitrogen and oxygen atoms in total. The smallest absolute Gasteiger partial charge is 0.317 e. The van der Waals surface area contributed by atoms with E-state index < -0.39 is 0 Å². The van der Waals surface area contributed by atoms with Gasteiger partial charge in [0.15, 0.2) is 0 Å². The van der Waals surface area contributed by atoms with E-state index in [1.54, 1.807) is 4.90 Å². The van der Waals surface area contributed by atoms with Crippen LogP contribution in [0.3, 0.4) is 0 Å². The second-order valence-electron chi connectivity index (χ2n) is 6.50. The van der Waals surface area contributed by atoms with E-state index in [1.807, 2.05) is 26.0 Å². The number of rotatable bonds is 6. The Bertz CT molecular complexity index is 561. The molecule has 132 valence electrons. The van der Waals surface area contributed by atoms with Crippen molar-refractivity contribution in [3.05, 3.63) is 29.3 Å². The molecule has 1 aromatic rings. The van der Waals surface area contributed by atoms with Gasteiger partial charge in [0.05, 0.1) is 6.54 Å². The summed E-state index contributed by atoms with van der Waals surface area (Å²) < 4.78 is 5.68. The van der Waals surface area contributed by atoms with E-state index in [2.05, 4.69) is 11.4 Å². The fourth-order valence-corrected chi connectivity index (χ4v) is 3.08. The van der Waals surface area contributed by atoms with E-state index in [9.17, 15) is 9.59 Å². The van der Waals surface area contributed by atoms with Crippen molar-refractivity contribution in [3.63, 3.8) is 0 Å². The Labute approximate surface area is 143 Å². The minimum absolute atomic E-state index is 0.0726. The molecule has 0 bridgehead atoms. The van der Waals surface area contributed by atoms with Crippen LogP contribution in [0.1, 0.15) is 30.4 Å². The third-order valence-corrected chi connectivity index (χ3v) is 4.23. The van der Waals surface area contributed by atoms with E-state index in [0.29, 0.717) is 38.6 Å². The van der Waals surface area contributed by atoms with Gasteiger partial charge in [-0.05, 0) is 55.9 Å². The van der Waals surface area contributed by atoms with Crippen LogP contribution in [0.2, 0.25) is 0 Å². The van der Waals surface area contributed by atoms with Crippen LogP contribution in [0.15, 0.2) is 18.2 Å². The zero-order valence-corrected chi connectivity index (χ0v) is 14.5. The molecule has 0 spiro atoms. The highest BCUT2D eigenvalue weighted by Gasteiger charge is 2.23. The van der Waals surface area contributed by atoms with Crippen molar-refractivity contribution in [2.75, 3.05) is 26.2 Å². The number of ether oxygens (including phenoxy) is 1. The lowest BCUT2D eigenvalue weighted by Gasteiger charge is -2.31. The van der Waals surface area contributed by atoms with Crippen molar-refractivity contribution in [1.29, 1.82) is 0 Å². The molecule has 0 aliphatic carbocycles. The van der Waals surface area contributed by atoms with Crippen LogP contribution in [-0.2, 0) is 4.79 Å². The molecule has 1 aromatic carbocycles. The van der Waals surface area contributed by atoms with Gasteiger partial charge in [-0.15, -0.1) is 0 Å². The lowest BCUT2D eigenvalue weighted by molar-refractivity contribution is -0.119. The number of likely N-dealkylation sites (tertiary alicyclic amines) is 1. The predicted octanol–water partition coefficient (Wildman–Crippen LogP) is 1.98. The first-order valence-electron chi connectivity index (χ1n) is 8.46. The Morgan fingerprint density at radius 3 is 2.42 bits per heavy atom. The van der Waals surface area contributed by atoms with Crippen LogP contribution in [0, 0.1) is 19.8 Å². The number of benzene rings is 1. The zero-order valence-electron chi connectivity index (χ0n) is 14.5. The molecule has 1 aliphatic rings. The van der Waals surface area contributed by atoms with Crippen molar-refractivity contribution in [2.24, 2.45) is 11.7 Å². The van der Waals surface area contributed by atoms with E-state index >= 15 is 0 Å². The number of carbonyl (C=O) groups excluding carboxylic acids is 2. The average molecular weight is 333 g/mol. The molecule has 0 atom stereocenters. The normalized spacial score (nSPS) is 15.2. The molecule has 3 N–H and O–H groups in total. The first kappa shape index (κ1) is 18.1. The molecule has 0 radical (unpaired) electrons. The highest BCUT2D eigenvalue weighted by Crippen LogP contribution is 2.20. The van der Waals surface area contributed by atoms with Gasteiger partial charge in [0.1, 0.15) is 12.4 Å². The number of nitrogens with two attached hydrogens (primary N) is 1. The second kappa shape index (κ2) is 8.57. The van der Waals surface area contributed by atoms with E-state index in [0.717, 1.165) is 29.7 Å². The first-order chi connectivity index (χ1) is 11.4. The predicted molar refractivity (Wildman–Crippen MR) is 92.9 cm³/mol. The van der Waals surface area contributed by atoms with Gasteiger partial charge >= 0.3 is 6.03 Å². The van der Waals surface area contributed by atoms with E-state index in [-0.39, 0.29) is 11.9 Å². The highest BCUT2D eigenvalue weighted by atomic mass is 16.5. The molecule has 1 heterocycles. The van der Waals surface area contributed by atoms with Crippen molar-refractivity contribution >= 4 is 11.9 Å². The summed E-state index contributed by atoms with van der Waals surface area (Å²) in [5.41, 5.74) is 7.54. The summed E-state index contributed by atoms with van der Waals surface area (Å²) in [6.07, 6.45) is 2.07. The molecule has 3 amide bonds. The first-order valence-corrected chi connectivity index (χ1v) is 8.46. The van der Waals surface area contributed by atoms with Crippen molar-refractivity contribution in [1.82, 2.24) is 10.2 Å². The van der Waals surface area contributed by atoms with E-state index in [1.165, 1.54) is 0 Å². The number of carbonyl (C=O) groups is 2. The monoisotopic (exact) mass is 333 g/mol. The van der Waals surface area contributed by atoms with Crippen LogP contribution in [0.25, 0.3) is 0 Å². The summed E-state index contributed by atoms with van der Waals surface area (Å²) in [5, 5.41) is 2.88. The highest BCUT2D eigenvalue weighted by molar-refractivity contribution is 5.75. The average Bonchev–Trinajstić information content (AvgIpc) is 2.50. The summed E-state index contributed by atoms with van der Waals surface area (Å²) in [7, 11) is 0. The van der Waals surface area contributed by atoms with Gasteiger partial charge in [-0.1, -0.05) is 6.07 Å². The third-order valence-electron chi connectivity index (χ3n) is 4.23. The van der Waals surface area contributed by atoms with Crippen molar-refractivity contribution < 1.29 is 14.3 Å². The Morgan fingerprint density at radius 2 is 1.83 bits per heavy atom. The number of aryl methyl sites for hydroxylation is 2. The fourth-order valence-electron chi connectivity index (χ4n) is 3.08. The summed E-state index contributed by atoms with van der Waals surface area (Å²) in [6, 6.07) is 5.99. The number of nitrogens with zero attached hydrogens (tertiary/aromatic N) is 1. The topological polar surface area (TPSA) is 84.7 Å². The van der Waals surface area contributed by atoms with Crippen LogP contribution >= 0.6 is 0 Å². The summed E-state index contributed by atoms with van der Waals surface area (Å²) in [4.78, 5) is 24.8. The number of hydrogen-bond acceptors (Lipinski definition) is 3. The number of amides is 3.